The molecule has 5 heteroatoms. The number of rotatable bonds is 2. The Morgan fingerprint density at radius 2 is 1.79 bits per heavy atom. The largest absolute Gasteiger partial charge is 0.480 e. The van der Waals surface area contributed by atoms with Crippen LogP contribution in [0.1, 0.15) is 12.8 Å². The van der Waals surface area contributed by atoms with Gasteiger partial charge in [0, 0.05) is 20.1 Å². The van der Waals surface area contributed by atoms with Gasteiger partial charge in [0.2, 0.25) is 5.91 Å². The molecule has 0 unspecified atom stereocenters. The fourth-order valence-corrected chi connectivity index (χ4v) is 2.62. The summed E-state index contributed by atoms with van der Waals surface area (Å²) in [6, 6.07) is 7.63. The molecule has 1 aliphatic heterocycles. The van der Waals surface area contributed by atoms with Crippen LogP contribution in [-0.4, -0.2) is 37.1 Å². The third-order valence-electron chi connectivity index (χ3n) is 4.06. The molecule has 1 aromatic rings. The van der Waals surface area contributed by atoms with Crippen molar-refractivity contribution in [2.75, 3.05) is 29.9 Å². The van der Waals surface area contributed by atoms with Crippen LogP contribution in [0.15, 0.2) is 24.3 Å². The number of benzene rings is 1. The molecule has 0 atom stereocenters. The third kappa shape index (κ3) is 1.69. The lowest BCUT2D eigenvalue weighted by molar-refractivity contribution is -0.148. The Labute approximate surface area is 111 Å². The summed E-state index contributed by atoms with van der Waals surface area (Å²) < 4.78 is 0. The van der Waals surface area contributed by atoms with E-state index in [4.69, 9.17) is 0 Å². The van der Waals surface area contributed by atoms with Gasteiger partial charge in [-0.15, -0.1) is 0 Å². The molecule has 19 heavy (non-hydrogen) atoms. The van der Waals surface area contributed by atoms with Crippen molar-refractivity contribution in [1.82, 2.24) is 0 Å². The predicted molar refractivity (Wildman–Crippen MR) is 71.4 cm³/mol. The highest BCUT2D eigenvalue weighted by atomic mass is 16.4. The lowest BCUT2D eigenvalue weighted by atomic mass is 10.0. The Morgan fingerprint density at radius 1 is 1.16 bits per heavy atom. The summed E-state index contributed by atoms with van der Waals surface area (Å²) in [6.07, 6.45) is 0.908. The first-order chi connectivity index (χ1) is 9.06. The smallest absolute Gasteiger partial charge is 0.319 e. The zero-order valence-corrected chi connectivity index (χ0v) is 10.8. The molecule has 1 N–H and O–H groups in total. The zero-order valence-electron chi connectivity index (χ0n) is 10.8. The molecular weight excluding hydrogens is 244 g/mol. The van der Waals surface area contributed by atoms with Crippen molar-refractivity contribution >= 4 is 23.3 Å². The van der Waals surface area contributed by atoms with Gasteiger partial charge in [0.1, 0.15) is 5.41 Å². The van der Waals surface area contributed by atoms with E-state index in [0.29, 0.717) is 19.4 Å². The van der Waals surface area contributed by atoms with E-state index < -0.39 is 11.4 Å². The summed E-state index contributed by atoms with van der Waals surface area (Å²) in [5.74, 6) is -1.26. The van der Waals surface area contributed by atoms with Gasteiger partial charge in [0.05, 0.1) is 11.4 Å². The zero-order chi connectivity index (χ0) is 13.6. The van der Waals surface area contributed by atoms with Crippen LogP contribution in [0.5, 0.6) is 0 Å². The number of anilines is 2. The Hall–Kier alpha value is -2.04. The first-order valence-corrected chi connectivity index (χ1v) is 6.42. The maximum Gasteiger partial charge on any atom is 0.319 e. The summed E-state index contributed by atoms with van der Waals surface area (Å²) in [6.45, 7) is 1.26. The topological polar surface area (TPSA) is 60.9 Å². The highest BCUT2D eigenvalue weighted by Crippen LogP contribution is 2.49. The van der Waals surface area contributed by atoms with E-state index in [1.165, 1.54) is 0 Å². The van der Waals surface area contributed by atoms with Gasteiger partial charge < -0.3 is 14.9 Å². The highest BCUT2D eigenvalue weighted by Gasteiger charge is 2.59. The number of amides is 1. The Bertz CT molecular complexity index is 551. The molecular formula is C14H16N2O3. The third-order valence-corrected chi connectivity index (χ3v) is 4.06. The molecule has 2 aliphatic rings. The highest BCUT2D eigenvalue weighted by molar-refractivity contribution is 6.13. The SMILES string of the molecule is CN1CCN(C(=O)C2(C(=O)O)CC2)c2ccccc21. The Balaban J connectivity index is 1.97. The molecule has 0 spiro atoms. The van der Waals surface area contributed by atoms with E-state index in [1.54, 1.807) is 4.90 Å². The van der Waals surface area contributed by atoms with E-state index in [9.17, 15) is 14.7 Å². The fourth-order valence-electron chi connectivity index (χ4n) is 2.62. The number of likely N-dealkylation sites (N-methyl/N-ethyl adjacent to an activating group) is 1. The Morgan fingerprint density at radius 3 is 2.37 bits per heavy atom. The molecule has 0 radical (unpaired) electrons. The number of carboxylic acid groups (broad SMARTS) is 1. The van der Waals surface area contributed by atoms with Crippen LogP contribution < -0.4 is 9.80 Å². The fraction of sp³-hybridized carbons (Fsp3) is 0.429. The summed E-state index contributed by atoms with van der Waals surface area (Å²) >= 11 is 0. The molecule has 1 aromatic carbocycles. The normalized spacial score (nSPS) is 19.8. The number of nitrogens with zero attached hydrogens (tertiary/aromatic N) is 2. The van der Waals surface area contributed by atoms with Crippen molar-refractivity contribution in [2.45, 2.75) is 12.8 Å². The van der Waals surface area contributed by atoms with Gasteiger partial charge >= 0.3 is 5.97 Å². The summed E-state index contributed by atoms with van der Waals surface area (Å²) in [5, 5.41) is 9.25. The molecule has 0 saturated heterocycles. The van der Waals surface area contributed by atoms with Gasteiger partial charge in [-0.05, 0) is 25.0 Å². The molecule has 1 saturated carbocycles. The summed E-state index contributed by atoms with van der Waals surface area (Å²) in [5.41, 5.74) is 0.625. The minimum absolute atomic E-state index is 0.263. The van der Waals surface area contributed by atoms with Crippen LogP contribution in [0.4, 0.5) is 11.4 Å². The van der Waals surface area contributed by atoms with E-state index in [1.807, 2.05) is 31.3 Å². The van der Waals surface area contributed by atoms with Crippen LogP contribution in [0, 0.1) is 5.41 Å². The van der Waals surface area contributed by atoms with Crippen molar-refractivity contribution in [3.63, 3.8) is 0 Å². The van der Waals surface area contributed by atoms with Crippen molar-refractivity contribution in [1.29, 1.82) is 0 Å². The van der Waals surface area contributed by atoms with E-state index in [2.05, 4.69) is 4.90 Å². The number of hydrogen-bond donors (Lipinski definition) is 1. The van der Waals surface area contributed by atoms with Gasteiger partial charge in [0.15, 0.2) is 0 Å². The summed E-state index contributed by atoms with van der Waals surface area (Å²) in [7, 11) is 1.98. The Kier molecular flexibility index (Phi) is 2.52. The summed E-state index contributed by atoms with van der Waals surface area (Å²) in [4.78, 5) is 27.5. The second-order valence-corrected chi connectivity index (χ2v) is 5.25. The number of hydrogen-bond acceptors (Lipinski definition) is 3. The number of carbonyl (C=O) groups is 2. The first kappa shape index (κ1) is 12.0. The predicted octanol–water partition coefficient (Wildman–Crippen LogP) is 1.33. The van der Waals surface area contributed by atoms with Crippen LogP contribution in [-0.2, 0) is 9.59 Å². The second kappa shape index (κ2) is 3.98. The average molecular weight is 260 g/mol. The number of para-hydroxylation sites is 2. The van der Waals surface area contributed by atoms with Gasteiger partial charge in [-0.1, -0.05) is 12.1 Å². The molecule has 1 heterocycles. The van der Waals surface area contributed by atoms with Crippen LogP contribution in [0.25, 0.3) is 0 Å². The lowest BCUT2D eigenvalue weighted by Crippen LogP contribution is -2.47. The van der Waals surface area contributed by atoms with Crippen molar-refractivity contribution in [2.24, 2.45) is 5.41 Å². The van der Waals surface area contributed by atoms with Gasteiger partial charge in [-0.25, -0.2) is 0 Å². The number of carboxylic acids is 1. The average Bonchev–Trinajstić information content (AvgIpc) is 3.20. The lowest BCUT2D eigenvalue weighted by Gasteiger charge is -2.36. The van der Waals surface area contributed by atoms with Crippen LogP contribution >= 0.6 is 0 Å². The van der Waals surface area contributed by atoms with Crippen LogP contribution in [0.3, 0.4) is 0 Å². The number of aliphatic carboxylic acids is 1. The van der Waals surface area contributed by atoms with E-state index in [-0.39, 0.29) is 5.91 Å². The first-order valence-electron chi connectivity index (χ1n) is 6.42. The van der Waals surface area contributed by atoms with Gasteiger partial charge in [0.25, 0.3) is 0 Å². The molecule has 3 rings (SSSR count). The van der Waals surface area contributed by atoms with Crippen molar-refractivity contribution in [3.05, 3.63) is 24.3 Å². The molecule has 1 amide bonds. The molecule has 0 bridgehead atoms. The maximum absolute atomic E-state index is 12.5. The molecule has 100 valence electrons. The molecule has 1 aliphatic carbocycles. The second-order valence-electron chi connectivity index (χ2n) is 5.25. The van der Waals surface area contributed by atoms with E-state index >= 15 is 0 Å². The van der Waals surface area contributed by atoms with E-state index in [0.717, 1.165) is 17.9 Å². The minimum atomic E-state index is -1.16. The van der Waals surface area contributed by atoms with Gasteiger partial charge in [-0.2, -0.15) is 0 Å². The van der Waals surface area contributed by atoms with Crippen LogP contribution in [0.2, 0.25) is 0 Å². The number of carbonyl (C=O) groups excluding carboxylic acids is 1. The molecule has 5 nitrogen and oxygen atoms in total. The van der Waals surface area contributed by atoms with Gasteiger partial charge in [-0.3, -0.25) is 9.59 Å². The standard InChI is InChI=1S/C14H16N2O3/c1-15-8-9-16(11-5-3-2-4-10(11)15)12(17)14(6-7-14)13(18)19/h2-5H,6-9H2,1H3,(H,18,19). The van der Waals surface area contributed by atoms with Crippen molar-refractivity contribution < 1.29 is 14.7 Å². The number of fused-ring (bicyclic) bond motifs is 1. The molecule has 1 fully saturated rings. The van der Waals surface area contributed by atoms with Crippen molar-refractivity contribution in [3.8, 4) is 0 Å². The monoisotopic (exact) mass is 260 g/mol. The maximum atomic E-state index is 12.5. The minimum Gasteiger partial charge on any atom is -0.480 e. The quantitative estimate of drug-likeness (QED) is 0.815. The molecule has 0 aromatic heterocycles.